The van der Waals surface area contributed by atoms with Gasteiger partial charge in [-0.2, -0.15) is 0 Å². The van der Waals surface area contributed by atoms with Crippen LogP contribution in [0.3, 0.4) is 0 Å². The summed E-state index contributed by atoms with van der Waals surface area (Å²) in [5, 5.41) is 0. The molecule has 1 aliphatic heterocycles. The maximum atomic E-state index is 1.69. The molecule has 22 valence electrons. The number of hydrogen-bond donors (Lipinski definition) is 0. The van der Waals surface area contributed by atoms with Crippen LogP contribution in [0, 0.1) is 0 Å². The molecule has 0 fully saturated rings. The van der Waals surface area contributed by atoms with Crippen LogP contribution in [-0.4, -0.2) is 5.90 Å². The Hall–Kier alpha value is 0.900. The summed E-state index contributed by atoms with van der Waals surface area (Å²) in [6.45, 7) is 0. The van der Waals surface area contributed by atoms with E-state index in [-0.39, 0.29) is 0 Å². The highest BCUT2D eigenvalue weighted by molar-refractivity contribution is 8.12. The molecule has 0 aromatic heterocycles. The monoisotopic (exact) mass is 108 g/mol. The van der Waals surface area contributed by atoms with Crippen LogP contribution in [0.1, 0.15) is 0 Å². The first-order chi connectivity index (χ1) is 2.00. The van der Waals surface area contributed by atoms with E-state index in [9.17, 15) is 0 Å². The minimum atomic E-state index is 1.27. The molecule has 0 aliphatic carbocycles. The molecule has 1 heterocycles. The molecule has 0 radical (unpaired) electrons. The average Bonchev–Trinajstić information content (AvgIpc) is 0.722. The molecule has 0 saturated carbocycles. The van der Waals surface area contributed by atoms with E-state index in [1.54, 1.807) is 15.7 Å². The van der Waals surface area contributed by atoms with E-state index in [1.165, 1.54) is 13.1 Å². The molecule has 0 atom stereocenters. The Morgan fingerprint density at radius 3 is 1.75 bits per heavy atom. The van der Waals surface area contributed by atoms with Crippen LogP contribution in [0.2, 0.25) is 0 Å². The molecule has 3 heteroatoms. The van der Waals surface area contributed by atoms with Gasteiger partial charge in [-0.05, 0) is 0 Å². The van der Waals surface area contributed by atoms with Crippen molar-refractivity contribution in [2.24, 2.45) is 0 Å². The fourth-order valence-corrected chi connectivity index (χ4v) is 1.91. The number of rotatable bonds is 0. The topological polar surface area (TPSA) is 0 Å². The SMILES string of the molecule is C1P=[PH]=P1. The molecule has 0 aromatic rings. The van der Waals surface area contributed by atoms with E-state index in [1.807, 2.05) is 0 Å². The molecule has 4 heavy (non-hydrogen) atoms. The third-order valence-corrected chi connectivity index (χ3v) is 7.64. The van der Waals surface area contributed by atoms with Gasteiger partial charge in [0, 0.05) is 5.90 Å². The van der Waals surface area contributed by atoms with Crippen molar-refractivity contribution in [3.63, 3.8) is 0 Å². The van der Waals surface area contributed by atoms with Crippen LogP contribution in [-0.2, 0) is 0 Å². The second-order valence-corrected chi connectivity index (χ2v) is 6.82. The Kier molecular flexibility index (Phi) is 1.06. The highest BCUT2D eigenvalue weighted by Crippen LogP contribution is 2.33. The van der Waals surface area contributed by atoms with E-state index in [0.29, 0.717) is 0 Å². The lowest BCUT2D eigenvalue weighted by atomic mass is 11.9. The molecule has 1 aliphatic rings. The van der Waals surface area contributed by atoms with Gasteiger partial charge in [0.25, 0.3) is 0 Å². The lowest BCUT2D eigenvalue weighted by Gasteiger charge is -1.77. The van der Waals surface area contributed by atoms with Crippen LogP contribution in [0.25, 0.3) is 0 Å². The standard InChI is InChI=1S/CH3P3/c1-2-4-3-1/h4H,1H2. The van der Waals surface area contributed by atoms with Crippen molar-refractivity contribution in [3.8, 4) is 0 Å². The molecule has 0 nitrogen and oxygen atoms in total. The average molecular weight is 108 g/mol. The van der Waals surface area contributed by atoms with Crippen molar-refractivity contribution in [2.45, 2.75) is 0 Å². The summed E-state index contributed by atoms with van der Waals surface area (Å²) in [4.78, 5) is 0. The molecule has 0 bridgehead atoms. The van der Waals surface area contributed by atoms with E-state index in [4.69, 9.17) is 0 Å². The zero-order valence-corrected chi connectivity index (χ0v) is 4.89. The fraction of sp³-hybridized carbons (Fsp3) is 1.00. The minimum absolute atomic E-state index is 1.27. The van der Waals surface area contributed by atoms with Crippen molar-refractivity contribution in [3.05, 3.63) is 0 Å². The first kappa shape index (κ1) is 3.10. The summed E-state index contributed by atoms with van der Waals surface area (Å²) >= 11 is 0. The van der Waals surface area contributed by atoms with Gasteiger partial charge in [0.2, 0.25) is 0 Å². The van der Waals surface area contributed by atoms with E-state index in [2.05, 4.69) is 0 Å². The van der Waals surface area contributed by atoms with Crippen molar-refractivity contribution in [1.82, 2.24) is 0 Å². The predicted molar refractivity (Wildman–Crippen MR) is 27.0 cm³/mol. The van der Waals surface area contributed by atoms with Crippen LogP contribution in [0.5, 0.6) is 0 Å². The van der Waals surface area contributed by atoms with Crippen molar-refractivity contribution in [2.75, 3.05) is 5.90 Å². The summed E-state index contributed by atoms with van der Waals surface area (Å²) in [5.74, 6) is 1.46. The summed E-state index contributed by atoms with van der Waals surface area (Å²) in [6.07, 6.45) is 0. The predicted octanol–water partition coefficient (Wildman–Crippen LogP) is 2.36. The quantitative estimate of drug-likeness (QED) is 0.418. The zero-order valence-electron chi connectivity index (χ0n) is 2.10. The van der Waals surface area contributed by atoms with Crippen molar-refractivity contribution < 1.29 is 0 Å². The third-order valence-electron chi connectivity index (χ3n) is 0.283. The molecular formula is CH3P3. The zero-order chi connectivity index (χ0) is 2.83. The maximum Gasteiger partial charge on any atom is 0.0391 e. The van der Waals surface area contributed by atoms with Crippen molar-refractivity contribution in [1.29, 1.82) is 0 Å². The van der Waals surface area contributed by atoms with Gasteiger partial charge in [-0.15, -0.1) is 0 Å². The molecule has 0 aromatic carbocycles. The lowest BCUT2D eigenvalue weighted by Crippen LogP contribution is -1.34. The Labute approximate surface area is 29.7 Å². The second kappa shape index (κ2) is 1.37. The third kappa shape index (κ3) is 0.436. The molecule has 0 amide bonds. The van der Waals surface area contributed by atoms with Crippen LogP contribution < -0.4 is 0 Å². The first-order valence-electron chi connectivity index (χ1n) is 1.08. The summed E-state index contributed by atoms with van der Waals surface area (Å²) in [6, 6.07) is 0. The van der Waals surface area contributed by atoms with E-state index >= 15 is 0 Å². The molecule has 0 saturated heterocycles. The van der Waals surface area contributed by atoms with Gasteiger partial charge in [-0.1, -0.05) is 22.9 Å². The van der Waals surface area contributed by atoms with Gasteiger partial charge < -0.3 is 0 Å². The Balaban J connectivity index is 2.95. The lowest BCUT2D eigenvalue weighted by molar-refractivity contribution is 2.30. The smallest absolute Gasteiger partial charge is 0.0391 e. The van der Waals surface area contributed by atoms with Gasteiger partial charge in [0.05, 0.1) is 0 Å². The number of hydrogen-bond acceptors (Lipinski definition) is 0. The summed E-state index contributed by atoms with van der Waals surface area (Å²) < 4.78 is 0. The van der Waals surface area contributed by atoms with Gasteiger partial charge >= 0.3 is 0 Å². The van der Waals surface area contributed by atoms with Gasteiger partial charge in [0.1, 0.15) is 0 Å². The van der Waals surface area contributed by atoms with Crippen LogP contribution in [0.15, 0.2) is 0 Å². The largest absolute Gasteiger partial charge is 0.0893 e. The Morgan fingerprint density at radius 2 is 1.75 bits per heavy atom. The molecule has 0 N–H and O–H groups in total. The van der Waals surface area contributed by atoms with Crippen LogP contribution >= 0.6 is 22.9 Å². The van der Waals surface area contributed by atoms with E-state index in [0.717, 1.165) is 0 Å². The highest BCUT2D eigenvalue weighted by Gasteiger charge is 1.70. The Bertz CT molecular complexity index is 61.4. The van der Waals surface area contributed by atoms with Gasteiger partial charge in [-0.25, -0.2) is 0 Å². The fourth-order valence-electron chi connectivity index (χ4n) is 0.0707. The second-order valence-electron chi connectivity index (χ2n) is 0.558. The van der Waals surface area contributed by atoms with Gasteiger partial charge in [-0.3, -0.25) is 0 Å². The first-order valence-corrected chi connectivity index (χ1v) is 5.92. The normalized spacial score (nSPS) is 30.0. The highest BCUT2D eigenvalue weighted by atomic mass is 32.0. The van der Waals surface area contributed by atoms with Gasteiger partial charge in [0.15, 0.2) is 0 Å². The molecule has 0 unspecified atom stereocenters. The molecule has 0 spiro atoms. The molecular weight excluding hydrogens is 105 g/mol. The van der Waals surface area contributed by atoms with Crippen LogP contribution in [0.4, 0.5) is 0 Å². The maximum absolute atomic E-state index is 1.69. The summed E-state index contributed by atoms with van der Waals surface area (Å²) in [5.41, 5.74) is 0. The summed E-state index contributed by atoms with van der Waals surface area (Å²) in [7, 11) is 4.65. The molecule has 1 rings (SSSR count). The van der Waals surface area contributed by atoms with Crippen molar-refractivity contribution >= 4 is 22.9 Å². The minimum Gasteiger partial charge on any atom is -0.0893 e. The van der Waals surface area contributed by atoms with E-state index < -0.39 is 0 Å². The Morgan fingerprint density at radius 1 is 1.50 bits per heavy atom.